The lowest BCUT2D eigenvalue weighted by Gasteiger charge is -2.37. The molecule has 0 radical (unpaired) electrons. The fraction of sp³-hybridized carbons (Fsp3) is 0.450. The van der Waals surface area contributed by atoms with Gasteiger partial charge in [-0.25, -0.2) is 14.4 Å². The second-order valence-electron chi connectivity index (χ2n) is 7.19. The Bertz CT molecular complexity index is 831. The van der Waals surface area contributed by atoms with E-state index in [4.69, 9.17) is 0 Å². The molecule has 7 nitrogen and oxygen atoms in total. The van der Waals surface area contributed by atoms with Crippen molar-refractivity contribution in [2.24, 2.45) is 0 Å². The summed E-state index contributed by atoms with van der Waals surface area (Å²) in [6.45, 7) is 7.93. The topological polar surface area (TPSA) is 55.8 Å². The molecule has 3 heterocycles. The number of para-hydroxylation sites is 1. The highest BCUT2D eigenvalue weighted by molar-refractivity contribution is 5.55. The first-order valence-electron chi connectivity index (χ1n) is 9.68. The van der Waals surface area contributed by atoms with Crippen LogP contribution in [0.3, 0.4) is 0 Å². The molecule has 148 valence electrons. The molecule has 0 unspecified atom stereocenters. The third-order valence-electron chi connectivity index (χ3n) is 5.40. The number of hydrogen-bond acceptors (Lipinski definition) is 6. The van der Waals surface area contributed by atoms with Crippen LogP contribution in [0.2, 0.25) is 0 Å². The molecular weight excluding hydrogens is 359 g/mol. The Morgan fingerprint density at radius 1 is 0.857 bits per heavy atom. The van der Waals surface area contributed by atoms with Crippen molar-refractivity contribution in [1.29, 1.82) is 0 Å². The van der Waals surface area contributed by atoms with Crippen LogP contribution in [0, 0.1) is 12.7 Å². The monoisotopic (exact) mass is 384 g/mol. The van der Waals surface area contributed by atoms with E-state index >= 15 is 0 Å². The second kappa shape index (κ2) is 8.00. The van der Waals surface area contributed by atoms with Crippen molar-refractivity contribution < 1.29 is 9.18 Å². The number of hydrogen-bond donors (Lipinski definition) is 0. The van der Waals surface area contributed by atoms with Crippen LogP contribution in [-0.4, -0.2) is 73.6 Å². The van der Waals surface area contributed by atoms with Crippen LogP contribution in [0.15, 0.2) is 30.3 Å². The van der Waals surface area contributed by atoms with Gasteiger partial charge in [0.05, 0.1) is 5.69 Å². The lowest BCUT2D eigenvalue weighted by molar-refractivity contribution is -0.118. The number of carbonyl (C=O) groups excluding carboxylic acids is 1. The van der Waals surface area contributed by atoms with Crippen LogP contribution in [0.25, 0.3) is 0 Å². The number of aromatic nitrogens is 2. The summed E-state index contributed by atoms with van der Waals surface area (Å²) in [5.41, 5.74) is 0.662. The van der Waals surface area contributed by atoms with Gasteiger partial charge in [-0.15, -0.1) is 0 Å². The van der Waals surface area contributed by atoms with Crippen molar-refractivity contribution in [3.63, 3.8) is 0 Å². The summed E-state index contributed by atoms with van der Waals surface area (Å²) in [7, 11) is 0. The predicted octanol–water partition coefficient (Wildman–Crippen LogP) is 1.53. The molecule has 1 aromatic carbocycles. The third kappa shape index (κ3) is 3.85. The second-order valence-corrected chi connectivity index (χ2v) is 7.19. The van der Waals surface area contributed by atoms with Gasteiger partial charge in [0.15, 0.2) is 0 Å². The lowest BCUT2D eigenvalue weighted by Crippen LogP contribution is -2.47. The van der Waals surface area contributed by atoms with Crippen molar-refractivity contribution in [2.75, 3.05) is 67.1 Å². The first-order valence-corrected chi connectivity index (χ1v) is 9.68. The summed E-state index contributed by atoms with van der Waals surface area (Å²) < 4.78 is 14.1. The van der Waals surface area contributed by atoms with Crippen LogP contribution in [-0.2, 0) is 4.79 Å². The van der Waals surface area contributed by atoms with Gasteiger partial charge < -0.3 is 19.6 Å². The molecule has 28 heavy (non-hydrogen) atoms. The Morgan fingerprint density at radius 2 is 1.39 bits per heavy atom. The van der Waals surface area contributed by atoms with Gasteiger partial charge in [-0.05, 0) is 19.1 Å². The number of halogens is 1. The first kappa shape index (κ1) is 18.5. The van der Waals surface area contributed by atoms with E-state index in [0.717, 1.165) is 63.1 Å². The minimum Gasteiger partial charge on any atom is -0.366 e. The summed E-state index contributed by atoms with van der Waals surface area (Å²) >= 11 is 0. The molecule has 2 fully saturated rings. The first-order chi connectivity index (χ1) is 13.6. The highest BCUT2D eigenvalue weighted by Gasteiger charge is 2.23. The molecular formula is C20H25FN6O. The van der Waals surface area contributed by atoms with Crippen molar-refractivity contribution in [2.45, 2.75) is 6.92 Å². The molecule has 8 heteroatoms. The van der Waals surface area contributed by atoms with Gasteiger partial charge in [-0.1, -0.05) is 12.1 Å². The quantitative estimate of drug-likeness (QED) is 0.746. The highest BCUT2D eigenvalue weighted by Crippen LogP contribution is 2.24. The Morgan fingerprint density at radius 3 is 1.96 bits per heavy atom. The van der Waals surface area contributed by atoms with E-state index in [1.165, 1.54) is 6.07 Å². The molecule has 4 rings (SSSR count). The van der Waals surface area contributed by atoms with E-state index in [9.17, 15) is 9.18 Å². The van der Waals surface area contributed by atoms with Crippen LogP contribution >= 0.6 is 0 Å². The van der Waals surface area contributed by atoms with Gasteiger partial charge in [0.25, 0.3) is 0 Å². The Balaban J connectivity index is 1.45. The number of piperazine rings is 2. The maximum absolute atomic E-state index is 14.1. The van der Waals surface area contributed by atoms with Gasteiger partial charge in [0.1, 0.15) is 23.3 Å². The van der Waals surface area contributed by atoms with E-state index in [1.807, 2.05) is 25.1 Å². The fourth-order valence-corrected chi connectivity index (χ4v) is 3.80. The number of rotatable bonds is 4. The smallest absolute Gasteiger partial charge is 0.209 e. The summed E-state index contributed by atoms with van der Waals surface area (Å²) in [5.74, 6) is 2.38. The summed E-state index contributed by atoms with van der Waals surface area (Å²) in [6, 6.07) is 8.95. The zero-order valence-electron chi connectivity index (χ0n) is 16.1. The molecule has 0 atom stereocenters. The van der Waals surface area contributed by atoms with Gasteiger partial charge in [-0.2, -0.15) is 0 Å². The molecule has 1 amide bonds. The van der Waals surface area contributed by atoms with E-state index < -0.39 is 0 Å². The molecule has 0 bridgehead atoms. The fourth-order valence-electron chi connectivity index (χ4n) is 3.80. The average Bonchev–Trinajstić information content (AvgIpc) is 2.74. The SMILES string of the molecule is Cc1nc(N2CCN(C=O)CC2)cc(N2CCN(c3ccccc3F)CC2)n1. The number of carbonyl (C=O) groups is 1. The van der Waals surface area contributed by atoms with Crippen molar-refractivity contribution in [1.82, 2.24) is 14.9 Å². The van der Waals surface area contributed by atoms with E-state index in [1.54, 1.807) is 11.0 Å². The van der Waals surface area contributed by atoms with Crippen LogP contribution in [0.4, 0.5) is 21.7 Å². The number of anilines is 3. The molecule has 2 aromatic rings. The Hall–Kier alpha value is -2.90. The van der Waals surface area contributed by atoms with Crippen molar-refractivity contribution in [3.05, 3.63) is 42.0 Å². The zero-order chi connectivity index (χ0) is 19.5. The average molecular weight is 384 g/mol. The molecule has 0 N–H and O–H groups in total. The normalized spacial score (nSPS) is 17.8. The summed E-state index contributed by atoms with van der Waals surface area (Å²) in [4.78, 5) is 28.4. The number of amides is 1. The molecule has 0 saturated carbocycles. The van der Waals surface area contributed by atoms with Crippen LogP contribution in [0.5, 0.6) is 0 Å². The van der Waals surface area contributed by atoms with E-state index in [-0.39, 0.29) is 5.82 Å². The number of nitrogens with zero attached hydrogens (tertiary/aromatic N) is 6. The van der Waals surface area contributed by atoms with Gasteiger partial charge >= 0.3 is 0 Å². The Labute approximate surface area is 164 Å². The largest absolute Gasteiger partial charge is 0.366 e. The molecule has 2 aliphatic rings. The molecule has 0 spiro atoms. The zero-order valence-corrected chi connectivity index (χ0v) is 16.1. The Kier molecular flexibility index (Phi) is 5.27. The van der Waals surface area contributed by atoms with Crippen molar-refractivity contribution >= 4 is 23.7 Å². The van der Waals surface area contributed by atoms with Crippen LogP contribution in [0.1, 0.15) is 5.82 Å². The summed E-state index contributed by atoms with van der Waals surface area (Å²) in [5, 5.41) is 0. The predicted molar refractivity (Wildman–Crippen MR) is 107 cm³/mol. The van der Waals surface area contributed by atoms with Gasteiger partial charge in [0.2, 0.25) is 6.41 Å². The molecule has 1 aromatic heterocycles. The minimum absolute atomic E-state index is 0.175. The maximum atomic E-state index is 14.1. The minimum atomic E-state index is -0.175. The third-order valence-corrected chi connectivity index (χ3v) is 5.40. The van der Waals surface area contributed by atoms with Gasteiger partial charge in [-0.3, -0.25) is 4.79 Å². The lowest BCUT2D eigenvalue weighted by atomic mass is 10.2. The van der Waals surface area contributed by atoms with Crippen molar-refractivity contribution in [3.8, 4) is 0 Å². The van der Waals surface area contributed by atoms with E-state index in [0.29, 0.717) is 18.8 Å². The number of benzene rings is 1. The number of aryl methyl sites for hydroxylation is 1. The summed E-state index contributed by atoms with van der Waals surface area (Å²) in [6.07, 6.45) is 0.906. The van der Waals surface area contributed by atoms with Crippen LogP contribution < -0.4 is 14.7 Å². The maximum Gasteiger partial charge on any atom is 0.209 e. The molecule has 2 saturated heterocycles. The standard InChI is InChI=1S/C20H25FN6O/c1-16-22-19(26-8-6-24(15-28)7-9-26)14-20(23-16)27-12-10-25(11-13-27)18-5-3-2-4-17(18)21/h2-5,14-15H,6-13H2,1H3. The highest BCUT2D eigenvalue weighted by atomic mass is 19.1. The van der Waals surface area contributed by atoms with E-state index in [2.05, 4.69) is 24.7 Å². The molecule has 2 aliphatic heterocycles. The molecule has 0 aliphatic carbocycles. The van der Waals surface area contributed by atoms with Gasteiger partial charge in [0, 0.05) is 58.4 Å².